The quantitative estimate of drug-likeness (QED) is 0.120. The zero-order valence-corrected chi connectivity index (χ0v) is 35.1. The molecule has 0 spiro atoms. The van der Waals surface area contributed by atoms with Crippen molar-refractivity contribution in [2.24, 2.45) is 0 Å². The van der Waals surface area contributed by atoms with Gasteiger partial charge in [0.15, 0.2) is 0 Å². The van der Waals surface area contributed by atoms with Crippen LogP contribution in [0.5, 0.6) is 0 Å². The maximum absolute atomic E-state index is 2.44. The van der Waals surface area contributed by atoms with Gasteiger partial charge in [-0.1, -0.05) is 206 Å². The Labute approximate surface area is 371 Å². The number of hydrogen-bond acceptors (Lipinski definition) is 0. The summed E-state index contributed by atoms with van der Waals surface area (Å²) >= 11 is 0. The molecule has 0 radical (unpaired) electrons. The lowest BCUT2D eigenvalue weighted by Gasteiger charge is -2.20. The standard InChI is InChI=1S/C64H40/c1-3-17-41(18-4-1)58-36-43-21-7-8-22-44(43)37-60(58)46-31-34-53-50-33-32-47(35-48(50)40-59(61(53)38-46)42-19-5-2-6-20-42)63-54-27-13-15-29-56(54)64(57-30-16-14-28-55(57)63)62-39-45-23-9-10-24-49(45)51-25-11-12-26-52(51)62/h1-40H. The molecule has 0 aromatic heterocycles. The molecule has 0 aliphatic heterocycles. The van der Waals surface area contributed by atoms with Gasteiger partial charge in [-0.2, -0.15) is 0 Å². The Kier molecular flexibility index (Phi) is 8.32. The van der Waals surface area contributed by atoms with Crippen molar-refractivity contribution in [3.63, 3.8) is 0 Å². The van der Waals surface area contributed by atoms with E-state index in [0.29, 0.717) is 0 Å². The van der Waals surface area contributed by atoms with E-state index in [0.717, 1.165) is 0 Å². The minimum absolute atomic E-state index is 1.21. The van der Waals surface area contributed by atoms with Gasteiger partial charge in [0.25, 0.3) is 0 Å². The molecule has 0 aliphatic rings. The lowest BCUT2D eigenvalue weighted by molar-refractivity contribution is 1.61. The highest BCUT2D eigenvalue weighted by Crippen LogP contribution is 2.48. The van der Waals surface area contributed by atoms with Gasteiger partial charge in [0.05, 0.1) is 0 Å². The van der Waals surface area contributed by atoms with Crippen LogP contribution >= 0.6 is 0 Å². The van der Waals surface area contributed by atoms with E-state index in [1.54, 1.807) is 0 Å². The van der Waals surface area contributed by atoms with E-state index < -0.39 is 0 Å². The van der Waals surface area contributed by atoms with Crippen molar-refractivity contribution in [2.75, 3.05) is 0 Å². The summed E-state index contributed by atoms with van der Waals surface area (Å²) in [6.45, 7) is 0. The molecule has 0 N–H and O–H groups in total. The van der Waals surface area contributed by atoms with Crippen molar-refractivity contribution in [1.82, 2.24) is 0 Å². The maximum atomic E-state index is 2.44. The zero-order chi connectivity index (χ0) is 42.1. The van der Waals surface area contributed by atoms with E-state index in [1.807, 2.05) is 0 Å². The summed E-state index contributed by atoms with van der Waals surface area (Å²) in [7, 11) is 0. The van der Waals surface area contributed by atoms with Crippen LogP contribution in [0.25, 0.3) is 131 Å². The largest absolute Gasteiger partial charge is 0.0622 e. The van der Waals surface area contributed by atoms with Crippen molar-refractivity contribution in [2.45, 2.75) is 0 Å². The van der Waals surface area contributed by atoms with E-state index in [2.05, 4.69) is 243 Å². The maximum Gasteiger partial charge on any atom is -0.00199 e. The summed E-state index contributed by atoms with van der Waals surface area (Å²) < 4.78 is 0. The fourth-order valence-electron chi connectivity index (χ4n) is 10.7. The lowest BCUT2D eigenvalue weighted by Crippen LogP contribution is -1.93. The average molecular weight is 809 g/mol. The molecule has 0 heterocycles. The smallest absolute Gasteiger partial charge is 0.00199 e. The fraction of sp³-hybridized carbons (Fsp3) is 0. The van der Waals surface area contributed by atoms with Crippen molar-refractivity contribution >= 4 is 75.4 Å². The minimum atomic E-state index is 1.21. The van der Waals surface area contributed by atoms with Gasteiger partial charge in [-0.25, -0.2) is 0 Å². The van der Waals surface area contributed by atoms with E-state index in [-0.39, 0.29) is 0 Å². The third-order valence-corrected chi connectivity index (χ3v) is 13.6. The first kappa shape index (κ1) is 36.3. The van der Waals surface area contributed by atoms with E-state index in [4.69, 9.17) is 0 Å². The Balaban J connectivity index is 1.05. The first-order valence-electron chi connectivity index (χ1n) is 22.2. The zero-order valence-electron chi connectivity index (χ0n) is 35.1. The lowest BCUT2D eigenvalue weighted by atomic mass is 9.83. The van der Waals surface area contributed by atoms with Crippen LogP contribution in [0.2, 0.25) is 0 Å². The predicted octanol–water partition coefficient (Wildman–Crippen LogP) is 18.1. The topological polar surface area (TPSA) is 0 Å². The molecule has 0 nitrogen and oxygen atoms in total. The summed E-state index contributed by atoms with van der Waals surface area (Å²) in [6.07, 6.45) is 0. The Morgan fingerprint density at radius 1 is 0.156 bits per heavy atom. The van der Waals surface area contributed by atoms with Gasteiger partial charge in [-0.05, 0) is 167 Å². The molecule has 64 heavy (non-hydrogen) atoms. The Hall–Kier alpha value is -8.32. The molecule has 0 unspecified atom stereocenters. The van der Waals surface area contributed by atoms with Crippen LogP contribution in [-0.4, -0.2) is 0 Å². The van der Waals surface area contributed by atoms with Crippen molar-refractivity contribution in [1.29, 1.82) is 0 Å². The summed E-state index contributed by atoms with van der Waals surface area (Å²) in [6, 6.07) is 90.0. The van der Waals surface area contributed by atoms with Crippen molar-refractivity contribution < 1.29 is 0 Å². The summed E-state index contributed by atoms with van der Waals surface area (Å²) in [4.78, 5) is 0. The monoisotopic (exact) mass is 808 g/mol. The molecule has 0 saturated heterocycles. The van der Waals surface area contributed by atoms with Crippen LogP contribution in [0.4, 0.5) is 0 Å². The molecule has 13 rings (SSSR count). The van der Waals surface area contributed by atoms with E-state index in [1.165, 1.54) is 131 Å². The van der Waals surface area contributed by atoms with Gasteiger partial charge in [0.1, 0.15) is 0 Å². The number of hydrogen-bond donors (Lipinski definition) is 0. The molecule has 0 bridgehead atoms. The second-order valence-corrected chi connectivity index (χ2v) is 17.1. The second-order valence-electron chi connectivity index (χ2n) is 17.1. The third-order valence-electron chi connectivity index (χ3n) is 13.6. The van der Waals surface area contributed by atoms with Gasteiger partial charge in [-0.3, -0.25) is 0 Å². The predicted molar refractivity (Wildman–Crippen MR) is 276 cm³/mol. The number of fused-ring (bicyclic) bond motifs is 9. The molecule has 13 aromatic rings. The molecular formula is C64H40. The molecule has 296 valence electrons. The molecule has 0 heteroatoms. The molecule has 0 amide bonds. The highest BCUT2D eigenvalue weighted by atomic mass is 14.2. The molecule has 0 saturated carbocycles. The van der Waals surface area contributed by atoms with Gasteiger partial charge in [0, 0.05) is 0 Å². The van der Waals surface area contributed by atoms with Crippen LogP contribution in [-0.2, 0) is 0 Å². The summed E-state index contributed by atoms with van der Waals surface area (Å²) in [5.74, 6) is 0. The Morgan fingerprint density at radius 3 is 1.20 bits per heavy atom. The Bertz CT molecular complexity index is 3930. The fourth-order valence-corrected chi connectivity index (χ4v) is 10.7. The van der Waals surface area contributed by atoms with Crippen LogP contribution in [0.3, 0.4) is 0 Å². The molecule has 0 atom stereocenters. The SMILES string of the molecule is c1ccc(-c2cc3ccccc3cc2-c2ccc3c(c2)c(-c2ccccc2)cc2cc(-c4c5ccccc5c(-c5cc6ccccc6c6ccccc56)c5ccccc45)ccc23)cc1. The minimum Gasteiger partial charge on any atom is -0.0622 e. The van der Waals surface area contributed by atoms with Crippen LogP contribution in [0.1, 0.15) is 0 Å². The highest BCUT2D eigenvalue weighted by molar-refractivity contribution is 6.26. The molecular weight excluding hydrogens is 769 g/mol. The number of rotatable bonds is 5. The molecule has 0 aliphatic carbocycles. The van der Waals surface area contributed by atoms with E-state index >= 15 is 0 Å². The van der Waals surface area contributed by atoms with Gasteiger partial charge < -0.3 is 0 Å². The normalized spacial score (nSPS) is 11.8. The van der Waals surface area contributed by atoms with Crippen LogP contribution in [0, 0.1) is 0 Å². The third kappa shape index (κ3) is 5.77. The summed E-state index contributed by atoms with van der Waals surface area (Å²) in [5.41, 5.74) is 12.4. The second kappa shape index (κ2) is 14.7. The van der Waals surface area contributed by atoms with Gasteiger partial charge >= 0.3 is 0 Å². The first-order valence-corrected chi connectivity index (χ1v) is 22.2. The molecule has 13 aromatic carbocycles. The van der Waals surface area contributed by atoms with Gasteiger partial charge in [-0.15, -0.1) is 0 Å². The van der Waals surface area contributed by atoms with Crippen molar-refractivity contribution in [3.8, 4) is 55.6 Å². The first-order chi connectivity index (χ1) is 31.7. The highest BCUT2D eigenvalue weighted by Gasteiger charge is 2.20. The van der Waals surface area contributed by atoms with E-state index in [9.17, 15) is 0 Å². The Morgan fingerprint density at radius 2 is 0.562 bits per heavy atom. The average Bonchev–Trinajstić information content (AvgIpc) is 3.37. The molecule has 0 fully saturated rings. The summed E-state index contributed by atoms with van der Waals surface area (Å²) in [5, 5.41) is 17.6. The van der Waals surface area contributed by atoms with Crippen LogP contribution < -0.4 is 0 Å². The van der Waals surface area contributed by atoms with Crippen molar-refractivity contribution in [3.05, 3.63) is 243 Å². The number of benzene rings is 13. The van der Waals surface area contributed by atoms with Gasteiger partial charge in [0.2, 0.25) is 0 Å². The van der Waals surface area contributed by atoms with Crippen LogP contribution in [0.15, 0.2) is 243 Å².